The van der Waals surface area contributed by atoms with Crippen LogP contribution in [0.1, 0.15) is 11.1 Å². The van der Waals surface area contributed by atoms with Crippen LogP contribution < -0.4 is 0 Å². The van der Waals surface area contributed by atoms with E-state index in [9.17, 15) is 4.39 Å². The Balaban J connectivity index is 2.60. The van der Waals surface area contributed by atoms with Gasteiger partial charge < -0.3 is 0 Å². The smallest absolute Gasteiger partial charge is 0.141 e. The molecule has 0 N–H and O–H groups in total. The molecular formula is C12H11FN2. The first-order valence-electron chi connectivity index (χ1n) is 4.71. The lowest BCUT2D eigenvalue weighted by molar-refractivity contribution is 0.620. The fraction of sp³-hybridized carbons (Fsp3) is 0.167. The lowest BCUT2D eigenvalue weighted by Gasteiger charge is -2.07. The second-order valence-electron chi connectivity index (χ2n) is 3.51. The molecule has 0 radical (unpaired) electrons. The van der Waals surface area contributed by atoms with E-state index in [1.807, 2.05) is 19.9 Å². The van der Waals surface area contributed by atoms with Gasteiger partial charge in [0.2, 0.25) is 0 Å². The van der Waals surface area contributed by atoms with Crippen molar-refractivity contribution in [3.8, 4) is 11.3 Å². The van der Waals surface area contributed by atoms with Gasteiger partial charge in [0, 0.05) is 18.0 Å². The van der Waals surface area contributed by atoms with E-state index in [-0.39, 0.29) is 5.82 Å². The molecule has 15 heavy (non-hydrogen) atoms. The van der Waals surface area contributed by atoms with Gasteiger partial charge in [0.1, 0.15) is 5.82 Å². The van der Waals surface area contributed by atoms with Gasteiger partial charge in [-0.15, -0.1) is 0 Å². The molecule has 0 aliphatic carbocycles. The molecule has 0 atom stereocenters. The molecule has 0 saturated heterocycles. The van der Waals surface area contributed by atoms with E-state index >= 15 is 0 Å². The van der Waals surface area contributed by atoms with Gasteiger partial charge in [-0.3, -0.25) is 9.97 Å². The summed E-state index contributed by atoms with van der Waals surface area (Å²) in [5.74, 6) is -0.303. The Hall–Kier alpha value is -1.77. The van der Waals surface area contributed by atoms with Crippen molar-refractivity contribution in [2.45, 2.75) is 13.8 Å². The molecule has 2 rings (SSSR count). The van der Waals surface area contributed by atoms with E-state index in [0.717, 1.165) is 22.4 Å². The van der Waals surface area contributed by atoms with Gasteiger partial charge in [-0.2, -0.15) is 0 Å². The van der Waals surface area contributed by atoms with Gasteiger partial charge >= 0.3 is 0 Å². The number of halogens is 1. The highest BCUT2D eigenvalue weighted by atomic mass is 19.1. The van der Waals surface area contributed by atoms with Crippen LogP contribution in [0.4, 0.5) is 4.39 Å². The van der Waals surface area contributed by atoms with Gasteiger partial charge in [0.15, 0.2) is 0 Å². The molecule has 2 nitrogen and oxygen atoms in total. The zero-order valence-electron chi connectivity index (χ0n) is 8.66. The molecule has 0 amide bonds. The number of pyridine rings is 2. The van der Waals surface area contributed by atoms with E-state index in [1.54, 1.807) is 12.4 Å². The van der Waals surface area contributed by atoms with E-state index in [0.29, 0.717) is 0 Å². The summed E-state index contributed by atoms with van der Waals surface area (Å²) in [6.45, 7) is 3.82. The van der Waals surface area contributed by atoms with E-state index in [2.05, 4.69) is 9.97 Å². The molecular weight excluding hydrogens is 191 g/mol. The minimum Gasteiger partial charge on any atom is -0.264 e. The summed E-state index contributed by atoms with van der Waals surface area (Å²) in [6.07, 6.45) is 4.73. The average molecular weight is 202 g/mol. The first-order chi connectivity index (χ1) is 7.18. The molecule has 2 heterocycles. The predicted octanol–water partition coefficient (Wildman–Crippen LogP) is 2.90. The lowest BCUT2D eigenvalue weighted by Crippen LogP contribution is -1.92. The third kappa shape index (κ3) is 1.86. The third-order valence-electron chi connectivity index (χ3n) is 2.32. The van der Waals surface area contributed by atoms with Crippen LogP contribution in [0.2, 0.25) is 0 Å². The van der Waals surface area contributed by atoms with E-state index in [4.69, 9.17) is 0 Å². The van der Waals surface area contributed by atoms with Gasteiger partial charge in [-0.1, -0.05) is 0 Å². The Labute approximate surface area is 87.8 Å². The minimum absolute atomic E-state index is 0.303. The summed E-state index contributed by atoms with van der Waals surface area (Å²) in [7, 11) is 0. The van der Waals surface area contributed by atoms with Crippen LogP contribution in [0.25, 0.3) is 11.3 Å². The number of hydrogen-bond donors (Lipinski definition) is 0. The maximum absolute atomic E-state index is 12.9. The Morgan fingerprint density at radius 3 is 2.60 bits per heavy atom. The van der Waals surface area contributed by atoms with Crippen molar-refractivity contribution in [1.82, 2.24) is 9.97 Å². The van der Waals surface area contributed by atoms with E-state index < -0.39 is 0 Å². The Kier molecular flexibility index (Phi) is 2.46. The van der Waals surface area contributed by atoms with Crippen LogP contribution >= 0.6 is 0 Å². The number of nitrogens with zero attached hydrogens (tertiary/aromatic N) is 2. The van der Waals surface area contributed by atoms with Gasteiger partial charge in [0.05, 0.1) is 11.9 Å². The Bertz CT molecular complexity index is 495. The van der Waals surface area contributed by atoms with Crippen LogP contribution in [-0.4, -0.2) is 9.97 Å². The molecule has 0 spiro atoms. The number of rotatable bonds is 1. The SMILES string of the molecule is Cc1cnccc1-c1ncc(F)cc1C. The van der Waals surface area contributed by atoms with Crippen molar-refractivity contribution >= 4 is 0 Å². The summed E-state index contributed by atoms with van der Waals surface area (Å²) in [6, 6.07) is 3.38. The van der Waals surface area contributed by atoms with Crippen LogP contribution in [0.3, 0.4) is 0 Å². The molecule has 2 aromatic heterocycles. The molecule has 0 saturated carbocycles. The largest absolute Gasteiger partial charge is 0.264 e. The van der Waals surface area contributed by atoms with Crippen molar-refractivity contribution in [3.63, 3.8) is 0 Å². The number of hydrogen-bond acceptors (Lipinski definition) is 2. The third-order valence-corrected chi connectivity index (χ3v) is 2.32. The van der Waals surface area contributed by atoms with Crippen molar-refractivity contribution in [1.29, 1.82) is 0 Å². The summed E-state index contributed by atoms with van der Waals surface area (Å²) < 4.78 is 12.9. The van der Waals surface area contributed by atoms with Crippen LogP contribution in [-0.2, 0) is 0 Å². The van der Waals surface area contributed by atoms with Gasteiger partial charge in [-0.25, -0.2) is 4.39 Å². The van der Waals surface area contributed by atoms with Gasteiger partial charge in [-0.05, 0) is 37.1 Å². The highest BCUT2D eigenvalue weighted by Crippen LogP contribution is 2.23. The van der Waals surface area contributed by atoms with Crippen molar-refractivity contribution in [2.75, 3.05) is 0 Å². The van der Waals surface area contributed by atoms with Crippen molar-refractivity contribution in [3.05, 3.63) is 47.7 Å². The molecule has 2 aromatic rings. The molecule has 3 heteroatoms. The first-order valence-corrected chi connectivity index (χ1v) is 4.71. The standard InChI is InChI=1S/C12H11FN2/c1-8-5-10(13)7-15-12(8)11-3-4-14-6-9(11)2/h3-7H,1-2H3. The number of aromatic nitrogens is 2. The van der Waals surface area contributed by atoms with Crippen LogP contribution in [0.5, 0.6) is 0 Å². The second-order valence-corrected chi connectivity index (χ2v) is 3.51. The van der Waals surface area contributed by atoms with E-state index in [1.165, 1.54) is 12.3 Å². The highest BCUT2D eigenvalue weighted by Gasteiger charge is 2.06. The fourth-order valence-electron chi connectivity index (χ4n) is 1.56. The van der Waals surface area contributed by atoms with Crippen molar-refractivity contribution in [2.24, 2.45) is 0 Å². The van der Waals surface area contributed by atoms with Crippen LogP contribution in [0.15, 0.2) is 30.7 Å². The quantitative estimate of drug-likeness (QED) is 0.710. The summed E-state index contributed by atoms with van der Waals surface area (Å²) in [5.41, 5.74) is 3.70. The normalized spacial score (nSPS) is 10.3. The van der Waals surface area contributed by atoms with Crippen molar-refractivity contribution < 1.29 is 4.39 Å². The summed E-state index contributed by atoms with van der Waals surface area (Å²) in [4.78, 5) is 8.12. The maximum Gasteiger partial charge on any atom is 0.141 e. The maximum atomic E-state index is 12.9. The molecule has 76 valence electrons. The Morgan fingerprint density at radius 1 is 1.13 bits per heavy atom. The summed E-state index contributed by atoms with van der Waals surface area (Å²) >= 11 is 0. The second kappa shape index (κ2) is 3.77. The van der Waals surface area contributed by atoms with Crippen LogP contribution in [0, 0.1) is 19.7 Å². The molecule has 0 aliphatic rings. The molecule has 0 aliphatic heterocycles. The van der Waals surface area contributed by atoms with Gasteiger partial charge in [0.25, 0.3) is 0 Å². The monoisotopic (exact) mass is 202 g/mol. The average Bonchev–Trinajstić information content (AvgIpc) is 2.20. The lowest BCUT2D eigenvalue weighted by atomic mass is 10.0. The summed E-state index contributed by atoms with van der Waals surface area (Å²) in [5, 5.41) is 0. The molecule has 0 unspecified atom stereocenters. The Morgan fingerprint density at radius 2 is 1.93 bits per heavy atom. The minimum atomic E-state index is -0.303. The fourth-order valence-corrected chi connectivity index (χ4v) is 1.56. The number of aryl methyl sites for hydroxylation is 2. The molecule has 0 aromatic carbocycles. The zero-order chi connectivity index (χ0) is 10.8. The predicted molar refractivity (Wildman–Crippen MR) is 56.9 cm³/mol. The highest BCUT2D eigenvalue weighted by molar-refractivity contribution is 5.65. The molecule has 0 fully saturated rings. The zero-order valence-corrected chi connectivity index (χ0v) is 8.66. The first kappa shape index (κ1) is 9.77. The molecule has 0 bridgehead atoms. The topological polar surface area (TPSA) is 25.8 Å².